The van der Waals surface area contributed by atoms with Crippen molar-refractivity contribution in [2.45, 2.75) is 50.2 Å². The molecule has 5 atom stereocenters. The molecule has 0 aliphatic carbocycles. The molecule has 1 aliphatic heterocycles. The summed E-state index contributed by atoms with van der Waals surface area (Å²) in [5, 5.41) is 19.5. The molecule has 4 unspecified atom stereocenters. The molecular formula is C25H34N4O7S. The molecule has 1 fully saturated rings. The Balaban J connectivity index is 1.69. The number of hydrogen-bond acceptors (Lipinski definition) is 10. The van der Waals surface area contributed by atoms with Crippen LogP contribution in [0.4, 0.5) is 0 Å². The molecule has 2 amide bonds. The van der Waals surface area contributed by atoms with E-state index in [2.05, 4.69) is 20.9 Å². The first-order chi connectivity index (χ1) is 17.7. The number of nitrogens with zero attached hydrogens (tertiary/aromatic N) is 1. The second-order valence-electron chi connectivity index (χ2n) is 9.01. The number of methoxy groups -OCH3 is 2. The van der Waals surface area contributed by atoms with E-state index in [1.165, 1.54) is 31.8 Å². The third kappa shape index (κ3) is 8.12. The number of rotatable bonds is 15. The Morgan fingerprint density at radius 2 is 1.68 bits per heavy atom. The maximum atomic E-state index is 13.2. The number of Topliss-reactive ketones (excluding diaryl/α,β-unsaturated/α-hetero) is 1. The summed E-state index contributed by atoms with van der Waals surface area (Å²) in [5.41, 5.74) is -0.0693. The van der Waals surface area contributed by atoms with Crippen molar-refractivity contribution in [3.63, 3.8) is 0 Å². The van der Waals surface area contributed by atoms with Crippen LogP contribution in [0.25, 0.3) is 0 Å². The second kappa shape index (κ2) is 13.2. The Kier molecular flexibility index (Phi) is 10.3. The van der Waals surface area contributed by atoms with Gasteiger partial charge in [0.25, 0.3) is 0 Å². The summed E-state index contributed by atoms with van der Waals surface area (Å²) in [5.74, 6) is -1.40. The van der Waals surface area contributed by atoms with E-state index in [9.17, 15) is 19.5 Å². The van der Waals surface area contributed by atoms with Crippen LogP contribution in [0, 0.1) is 6.92 Å². The number of nitrogens with one attached hydrogen (secondary N) is 3. The zero-order valence-electron chi connectivity index (χ0n) is 21.4. The lowest BCUT2D eigenvalue weighted by Gasteiger charge is -2.26. The molecule has 0 saturated carbocycles. The third-order valence-electron chi connectivity index (χ3n) is 5.90. The number of carbonyl (C=O) groups is 3. The maximum Gasteiger partial charge on any atom is 0.245 e. The molecule has 4 N–H and O–H groups in total. The van der Waals surface area contributed by atoms with E-state index in [1.807, 2.05) is 30.3 Å². The van der Waals surface area contributed by atoms with Gasteiger partial charge in [-0.15, -0.1) is 11.3 Å². The van der Waals surface area contributed by atoms with Gasteiger partial charge < -0.3 is 30.0 Å². The highest BCUT2D eigenvalue weighted by molar-refractivity contribution is 7.11. The number of ether oxygens (including phenoxy) is 3. The smallest absolute Gasteiger partial charge is 0.245 e. The topological polar surface area (TPSA) is 151 Å². The normalized spacial score (nSPS) is 19.9. The Labute approximate surface area is 219 Å². The van der Waals surface area contributed by atoms with Crippen LogP contribution in [0.3, 0.4) is 0 Å². The van der Waals surface area contributed by atoms with Gasteiger partial charge in [-0.05, 0) is 25.8 Å². The number of aryl methyl sites for hydroxylation is 1. The van der Waals surface area contributed by atoms with Gasteiger partial charge in [0.2, 0.25) is 11.8 Å². The standard InChI is InChI=1S/C25H34N4O7S/c1-15-26-11-20(37-15)24(33)29-19(13-35-4)23(32)28-18(12-34-3)22(31)27-17(21(30)25(2)14-36-25)10-16-8-6-5-7-9-16/h5-9,11,17-19,24,29,33H,10,12-14H2,1-4H3,(H,27,31)(H,28,32)/t17?,18?,19?,24?,25-/m1/s1. The van der Waals surface area contributed by atoms with Crippen molar-refractivity contribution in [2.75, 3.05) is 34.0 Å². The SMILES string of the molecule is COCC(NC(=O)C(COC)NC(O)c1cnc(C)s1)C(=O)NC(Cc1ccccc1)C(=O)[C@@]1(C)CO1. The number of hydrogen-bond donors (Lipinski definition) is 4. The van der Waals surface area contributed by atoms with Crippen LogP contribution in [-0.4, -0.2) is 85.5 Å². The van der Waals surface area contributed by atoms with Crippen LogP contribution in [-0.2, 0) is 35.0 Å². The lowest BCUT2D eigenvalue weighted by atomic mass is 9.94. The molecule has 11 nitrogen and oxygen atoms in total. The van der Waals surface area contributed by atoms with Gasteiger partial charge in [-0.25, -0.2) is 4.98 Å². The molecule has 0 bridgehead atoms. The van der Waals surface area contributed by atoms with E-state index < -0.39 is 41.8 Å². The summed E-state index contributed by atoms with van der Waals surface area (Å²) in [4.78, 5) is 44.1. The largest absolute Gasteiger partial charge is 0.383 e. The molecule has 1 saturated heterocycles. The quantitative estimate of drug-likeness (QED) is 0.186. The van der Waals surface area contributed by atoms with E-state index >= 15 is 0 Å². The third-order valence-corrected chi connectivity index (χ3v) is 6.86. The summed E-state index contributed by atoms with van der Waals surface area (Å²) in [6, 6.07) is 6.38. The zero-order valence-corrected chi connectivity index (χ0v) is 22.2. The van der Waals surface area contributed by atoms with E-state index in [0.29, 0.717) is 4.88 Å². The molecule has 1 aliphatic rings. The summed E-state index contributed by atoms with van der Waals surface area (Å²) < 4.78 is 15.6. The van der Waals surface area contributed by atoms with Crippen LogP contribution >= 0.6 is 11.3 Å². The van der Waals surface area contributed by atoms with Gasteiger partial charge in [0.1, 0.15) is 23.9 Å². The van der Waals surface area contributed by atoms with Crippen molar-refractivity contribution < 1.29 is 33.7 Å². The molecule has 0 radical (unpaired) electrons. The number of aliphatic hydroxyl groups excluding tert-OH is 1. The number of epoxide rings is 1. The average Bonchev–Trinajstić information content (AvgIpc) is 3.48. The van der Waals surface area contributed by atoms with Crippen LogP contribution in [0.2, 0.25) is 0 Å². The van der Waals surface area contributed by atoms with E-state index in [-0.39, 0.29) is 32.0 Å². The number of benzene rings is 1. The van der Waals surface area contributed by atoms with Gasteiger partial charge in [-0.1, -0.05) is 30.3 Å². The monoisotopic (exact) mass is 534 g/mol. The predicted molar refractivity (Wildman–Crippen MR) is 136 cm³/mol. The van der Waals surface area contributed by atoms with Gasteiger partial charge in [-0.3, -0.25) is 19.7 Å². The summed E-state index contributed by atoms with van der Waals surface area (Å²) >= 11 is 1.29. The fourth-order valence-corrected chi connectivity index (χ4v) is 4.45. The van der Waals surface area contributed by atoms with Gasteiger partial charge in [-0.2, -0.15) is 0 Å². The first kappa shape index (κ1) is 28.8. The second-order valence-corrected chi connectivity index (χ2v) is 10.3. The van der Waals surface area contributed by atoms with Crippen LogP contribution < -0.4 is 16.0 Å². The molecule has 2 heterocycles. The van der Waals surface area contributed by atoms with Crippen LogP contribution in [0.1, 0.15) is 28.6 Å². The fourth-order valence-electron chi connectivity index (χ4n) is 3.72. The van der Waals surface area contributed by atoms with E-state index in [4.69, 9.17) is 14.2 Å². The van der Waals surface area contributed by atoms with Gasteiger partial charge in [0.05, 0.1) is 35.7 Å². The molecule has 2 aromatic rings. The number of thiazole rings is 1. The maximum absolute atomic E-state index is 13.2. The minimum atomic E-state index is -1.15. The molecular weight excluding hydrogens is 500 g/mol. The van der Waals surface area contributed by atoms with Crippen molar-refractivity contribution in [3.8, 4) is 0 Å². The highest BCUT2D eigenvalue weighted by Gasteiger charge is 2.50. The predicted octanol–water partition coefficient (Wildman–Crippen LogP) is 0.264. The van der Waals surface area contributed by atoms with Crippen molar-refractivity contribution in [1.29, 1.82) is 0 Å². The zero-order chi connectivity index (χ0) is 27.0. The lowest BCUT2D eigenvalue weighted by Crippen LogP contribution is -2.58. The number of carbonyl (C=O) groups excluding carboxylic acids is 3. The molecule has 37 heavy (non-hydrogen) atoms. The number of aliphatic hydroxyl groups is 1. The summed E-state index contributed by atoms with van der Waals surface area (Å²) in [7, 11) is 2.82. The number of amides is 2. The van der Waals surface area contributed by atoms with Crippen molar-refractivity contribution in [1.82, 2.24) is 20.9 Å². The number of aromatic nitrogens is 1. The molecule has 1 aromatic heterocycles. The summed E-state index contributed by atoms with van der Waals surface area (Å²) in [6.45, 7) is 3.59. The highest BCUT2D eigenvalue weighted by Crippen LogP contribution is 2.29. The van der Waals surface area contributed by atoms with Crippen molar-refractivity contribution in [2.24, 2.45) is 0 Å². The molecule has 3 rings (SSSR count). The van der Waals surface area contributed by atoms with Crippen LogP contribution in [0.15, 0.2) is 36.5 Å². The van der Waals surface area contributed by atoms with Crippen LogP contribution in [0.5, 0.6) is 0 Å². The lowest BCUT2D eigenvalue weighted by molar-refractivity contribution is -0.135. The van der Waals surface area contributed by atoms with Gasteiger partial charge >= 0.3 is 0 Å². The highest BCUT2D eigenvalue weighted by atomic mass is 32.1. The molecule has 0 spiro atoms. The molecule has 12 heteroatoms. The van der Waals surface area contributed by atoms with Crippen molar-refractivity contribution in [3.05, 3.63) is 52.0 Å². The fraction of sp³-hybridized carbons (Fsp3) is 0.520. The van der Waals surface area contributed by atoms with E-state index in [0.717, 1.165) is 10.6 Å². The Morgan fingerprint density at radius 1 is 1.08 bits per heavy atom. The van der Waals surface area contributed by atoms with Gasteiger partial charge in [0, 0.05) is 20.4 Å². The average molecular weight is 535 g/mol. The van der Waals surface area contributed by atoms with E-state index in [1.54, 1.807) is 13.8 Å². The molecule has 202 valence electrons. The Morgan fingerprint density at radius 3 is 2.24 bits per heavy atom. The Hall–Kier alpha value is -2.74. The molecule has 1 aromatic carbocycles. The minimum Gasteiger partial charge on any atom is -0.383 e. The summed E-state index contributed by atoms with van der Waals surface area (Å²) in [6.07, 6.45) is 0.639. The van der Waals surface area contributed by atoms with Crippen molar-refractivity contribution >= 4 is 28.9 Å². The number of ketones is 1. The Bertz CT molecular complexity index is 1060. The first-order valence-electron chi connectivity index (χ1n) is 11.8. The van der Waals surface area contributed by atoms with Gasteiger partial charge in [0.15, 0.2) is 5.78 Å². The first-order valence-corrected chi connectivity index (χ1v) is 12.7. The minimum absolute atomic E-state index is 0.0627.